The Labute approximate surface area is 263 Å². The number of fused-ring (bicyclic) bond motifs is 1. The van der Waals surface area contributed by atoms with E-state index in [2.05, 4.69) is 0 Å². The minimum absolute atomic E-state index is 0.0661. The summed E-state index contributed by atoms with van der Waals surface area (Å²) in [5, 5.41) is 102. The maximum absolute atomic E-state index is 13.7. The molecule has 5 rings (SSSR count). The van der Waals surface area contributed by atoms with Gasteiger partial charge in [-0.25, -0.2) is 0 Å². The summed E-state index contributed by atoms with van der Waals surface area (Å²) in [7, 11) is 0. The first-order chi connectivity index (χ1) is 22.2. The van der Waals surface area contributed by atoms with Gasteiger partial charge in [-0.3, -0.25) is 9.59 Å². The van der Waals surface area contributed by atoms with E-state index in [0.717, 1.165) is 25.1 Å². The molecule has 2 fully saturated rings. The zero-order chi connectivity index (χ0) is 34.3. The second-order valence-electron chi connectivity index (χ2n) is 10.9. The summed E-state index contributed by atoms with van der Waals surface area (Å²) in [5.41, 5.74) is -1.46. The quantitative estimate of drug-likeness (QED) is 0.0876. The summed E-state index contributed by atoms with van der Waals surface area (Å²) in [6, 6.07) is 5.31. The van der Waals surface area contributed by atoms with Gasteiger partial charge in [-0.2, -0.15) is 0 Å². The van der Waals surface area contributed by atoms with Crippen LogP contribution in [0.1, 0.15) is 6.92 Å². The summed E-state index contributed by atoms with van der Waals surface area (Å²) >= 11 is 0. The van der Waals surface area contributed by atoms with Crippen molar-refractivity contribution in [3.05, 3.63) is 40.6 Å². The van der Waals surface area contributed by atoms with Crippen LogP contribution in [0.3, 0.4) is 0 Å². The molecule has 18 nitrogen and oxygen atoms in total. The summed E-state index contributed by atoms with van der Waals surface area (Å²) < 4.78 is 32.7. The van der Waals surface area contributed by atoms with Gasteiger partial charge >= 0.3 is 5.97 Å². The molecule has 0 amide bonds. The number of aliphatic hydroxyl groups is 7. The lowest BCUT2D eigenvalue weighted by atomic mass is 9.98. The normalized spacial score (nSPS) is 31.1. The second-order valence-corrected chi connectivity index (χ2v) is 10.9. The van der Waals surface area contributed by atoms with Crippen LogP contribution in [0, 0.1) is 0 Å². The van der Waals surface area contributed by atoms with Crippen molar-refractivity contribution >= 4 is 16.9 Å². The molecule has 0 aliphatic carbocycles. The summed E-state index contributed by atoms with van der Waals surface area (Å²) in [6.45, 7) is -0.341. The molecule has 18 heteroatoms. The number of hydrogen-bond donors (Lipinski definition) is 10. The Balaban J connectivity index is 1.48. The van der Waals surface area contributed by atoms with E-state index in [1.165, 1.54) is 12.1 Å². The van der Waals surface area contributed by atoms with Crippen LogP contribution in [0.5, 0.6) is 28.7 Å². The van der Waals surface area contributed by atoms with Crippen molar-refractivity contribution in [2.24, 2.45) is 0 Å². The predicted molar refractivity (Wildman–Crippen MR) is 151 cm³/mol. The number of rotatable bonds is 8. The Morgan fingerprint density at radius 2 is 1.45 bits per heavy atom. The lowest BCUT2D eigenvalue weighted by molar-refractivity contribution is -0.323. The third-order valence-corrected chi connectivity index (χ3v) is 7.57. The minimum atomic E-state index is -2.02. The monoisotopic (exact) mass is 668 g/mol. The highest BCUT2D eigenvalue weighted by Crippen LogP contribution is 2.40. The molecule has 0 saturated carbocycles. The maximum Gasteiger partial charge on any atom is 0.308 e. The average Bonchev–Trinajstić information content (AvgIpc) is 3.01. The van der Waals surface area contributed by atoms with Gasteiger partial charge in [0.2, 0.25) is 17.5 Å². The zero-order valence-electron chi connectivity index (χ0n) is 24.3. The lowest BCUT2D eigenvalue weighted by Gasteiger charge is -2.42. The molecule has 10 N–H and O–H groups in total. The van der Waals surface area contributed by atoms with Gasteiger partial charge in [0.25, 0.3) is 0 Å². The number of esters is 1. The fourth-order valence-electron chi connectivity index (χ4n) is 5.13. The smallest absolute Gasteiger partial charge is 0.308 e. The van der Waals surface area contributed by atoms with Gasteiger partial charge in [0.15, 0.2) is 23.5 Å². The van der Waals surface area contributed by atoms with Crippen LogP contribution in [-0.4, -0.2) is 132 Å². The highest BCUT2D eigenvalue weighted by atomic mass is 16.7. The van der Waals surface area contributed by atoms with E-state index in [4.69, 9.17) is 28.1 Å². The Hall–Kier alpha value is -4.08. The third-order valence-electron chi connectivity index (χ3n) is 7.57. The molecule has 2 aliphatic rings. The highest BCUT2D eigenvalue weighted by Gasteiger charge is 2.48. The number of aliphatic hydroxyl groups excluding tert-OH is 7. The van der Waals surface area contributed by atoms with Crippen LogP contribution < -0.4 is 14.9 Å². The lowest BCUT2D eigenvalue weighted by Crippen LogP contribution is -2.62. The number of carbonyl (C=O) groups excluding carboxylic acids is 1. The molecule has 47 heavy (non-hydrogen) atoms. The molecular formula is C29H32O18. The summed E-state index contributed by atoms with van der Waals surface area (Å²) in [5.74, 6) is -3.92. The number of aromatic hydroxyl groups is 3. The van der Waals surface area contributed by atoms with Gasteiger partial charge in [0.05, 0.1) is 13.2 Å². The number of phenolic OH excluding ortho intramolecular Hbond substituents is 3. The highest BCUT2D eigenvalue weighted by molar-refractivity contribution is 5.88. The largest absolute Gasteiger partial charge is 0.508 e. The Bertz CT molecular complexity index is 1670. The van der Waals surface area contributed by atoms with E-state index in [1.54, 1.807) is 0 Å². The standard InChI is InChI=1S/C29H32O18/c1-9(31)43-14-3-2-10(4-12(14)33)26-27(21(37)18-13(34)5-11(32)6-15(18)44-26)47-29-25(41)23(39)20(36)17(46-29)8-42-28-24(40)22(38)19(35)16(7-30)45-28/h2-6,16-17,19-20,22-25,28-30,32-36,38-41H,7-8H2,1H3/t16-,17-,19-,20-,22+,23+,24-,25-,28-,29+/m1/s1. The second kappa shape index (κ2) is 13.6. The first kappa shape index (κ1) is 34.3. The van der Waals surface area contributed by atoms with Gasteiger partial charge in [0, 0.05) is 24.6 Å². The fourth-order valence-corrected chi connectivity index (χ4v) is 5.13. The van der Waals surface area contributed by atoms with E-state index in [9.17, 15) is 60.7 Å². The molecule has 0 bridgehead atoms. The van der Waals surface area contributed by atoms with E-state index in [-0.39, 0.29) is 16.9 Å². The summed E-state index contributed by atoms with van der Waals surface area (Å²) in [6.07, 6.45) is -17.6. The van der Waals surface area contributed by atoms with Crippen molar-refractivity contribution in [2.75, 3.05) is 13.2 Å². The number of phenols is 3. The van der Waals surface area contributed by atoms with Crippen LogP contribution in [0.4, 0.5) is 0 Å². The SMILES string of the molecule is CC(=O)Oc1ccc(-c2oc3cc(O)cc(O)c3c(=O)c2O[C@@H]2O[C@H](CO[C@@H]3O[C@H](CO)[C@@H](O)[C@H](O)[C@H]3O)[C@@H](O)[C@H](O)[C@H]2O)cc1O. The molecule has 0 spiro atoms. The van der Waals surface area contributed by atoms with Crippen LogP contribution in [0.2, 0.25) is 0 Å². The van der Waals surface area contributed by atoms with Crippen LogP contribution >= 0.6 is 0 Å². The topological polar surface area (TPSA) is 296 Å². The van der Waals surface area contributed by atoms with Crippen molar-refractivity contribution in [1.82, 2.24) is 0 Å². The minimum Gasteiger partial charge on any atom is -0.508 e. The Kier molecular flexibility index (Phi) is 9.89. The number of benzene rings is 2. The zero-order valence-corrected chi connectivity index (χ0v) is 24.3. The van der Waals surface area contributed by atoms with Gasteiger partial charge in [0.1, 0.15) is 71.3 Å². The molecule has 2 saturated heterocycles. The van der Waals surface area contributed by atoms with Crippen LogP contribution in [0.15, 0.2) is 39.5 Å². The third kappa shape index (κ3) is 6.69. The molecule has 256 valence electrons. The molecular weight excluding hydrogens is 636 g/mol. The summed E-state index contributed by atoms with van der Waals surface area (Å²) in [4.78, 5) is 25.1. The molecule has 2 aromatic carbocycles. The van der Waals surface area contributed by atoms with Crippen molar-refractivity contribution in [3.8, 4) is 40.1 Å². The van der Waals surface area contributed by atoms with Gasteiger partial charge in [-0.1, -0.05) is 0 Å². The molecule has 1 aromatic heterocycles. The first-order valence-corrected chi connectivity index (χ1v) is 14.0. The maximum atomic E-state index is 13.7. The number of carbonyl (C=O) groups is 1. The van der Waals surface area contributed by atoms with Crippen molar-refractivity contribution in [3.63, 3.8) is 0 Å². The van der Waals surface area contributed by atoms with E-state index >= 15 is 0 Å². The van der Waals surface area contributed by atoms with E-state index in [1.807, 2.05) is 0 Å². The van der Waals surface area contributed by atoms with E-state index in [0.29, 0.717) is 0 Å². The van der Waals surface area contributed by atoms with Crippen molar-refractivity contribution in [2.45, 2.75) is 68.3 Å². The molecule has 3 heterocycles. The Morgan fingerprint density at radius 3 is 2.09 bits per heavy atom. The molecule has 0 unspecified atom stereocenters. The Morgan fingerprint density at radius 1 is 0.809 bits per heavy atom. The molecule has 0 radical (unpaired) electrons. The fraction of sp³-hybridized carbons (Fsp3) is 0.448. The van der Waals surface area contributed by atoms with Crippen molar-refractivity contribution < 1.29 is 84.0 Å². The van der Waals surface area contributed by atoms with Crippen LogP contribution in [-0.2, 0) is 19.0 Å². The predicted octanol–water partition coefficient (Wildman–Crippen LogP) is -2.49. The van der Waals surface area contributed by atoms with Crippen LogP contribution in [0.25, 0.3) is 22.3 Å². The number of hydrogen-bond acceptors (Lipinski definition) is 18. The van der Waals surface area contributed by atoms with E-state index < -0.39 is 120 Å². The average molecular weight is 669 g/mol. The molecule has 2 aliphatic heterocycles. The van der Waals surface area contributed by atoms with Crippen molar-refractivity contribution in [1.29, 1.82) is 0 Å². The molecule has 10 atom stereocenters. The molecule has 3 aromatic rings. The van der Waals surface area contributed by atoms with Gasteiger partial charge < -0.3 is 79.2 Å². The van der Waals surface area contributed by atoms with Gasteiger partial charge in [-0.15, -0.1) is 0 Å². The van der Waals surface area contributed by atoms with Gasteiger partial charge in [-0.05, 0) is 18.2 Å². The first-order valence-electron chi connectivity index (χ1n) is 14.0. The number of ether oxygens (including phenoxy) is 5.